The van der Waals surface area contributed by atoms with Gasteiger partial charge in [-0.15, -0.1) is 0 Å². The zero-order chi connectivity index (χ0) is 12.1. The Morgan fingerprint density at radius 1 is 1.41 bits per heavy atom. The van der Waals surface area contributed by atoms with Crippen molar-refractivity contribution >= 4 is 0 Å². The van der Waals surface area contributed by atoms with Crippen molar-refractivity contribution in [3.8, 4) is 6.07 Å². The van der Waals surface area contributed by atoms with Gasteiger partial charge in [0.25, 0.3) is 0 Å². The molecule has 2 rings (SSSR count). The summed E-state index contributed by atoms with van der Waals surface area (Å²) in [5.41, 5.74) is 0.952. The predicted molar refractivity (Wildman–Crippen MR) is 69.3 cm³/mol. The molecule has 0 bridgehead atoms. The lowest BCUT2D eigenvalue weighted by molar-refractivity contribution is 0.240. The molecule has 1 aromatic carbocycles. The van der Waals surface area contributed by atoms with Crippen molar-refractivity contribution in [3.05, 3.63) is 35.9 Å². The smallest absolute Gasteiger partial charge is 0.107 e. The van der Waals surface area contributed by atoms with E-state index in [1.807, 2.05) is 18.2 Å². The number of hydrogen-bond acceptors (Lipinski definition) is 2. The first-order valence-electron chi connectivity index (χ1n) is 6.44. The van der Waals surface area contributed by atoms with Crippen LogP contribution in [0.15, 0.2) is 30.3 Å². The molecule has 1 fully saturated rings. The molecule has 0 spiro atoms. The summed E-state index contributed by atoms with van der Waals surface area (Å²) in [6.45, 7) is 3.04. The van der Waals surface area contributed by atoms with Crippen molar-refractivity contribution in [1.82, 2.24) is 5.32 Å². The van der Waals surface area contributed by atoms with Crippen molar-refractivity contribution in [2.45, 2.75) is 44.7 Å². The summed E-state index contributed by atoms with van der Waals surface area (Å²) < 4.78 is 0. The standard InChI is InChI=1S/C15H20N2/c1-13-6-5-9-15(10-13,12-16)17-11-14-7-3-2-4-8-14/h2-4,7-8,13,17H,5-6,9-11H2,1H3. The summed E-state index contributed by atoms with van der Waals surface area (Å²) in [7, 11) is 0. The molecule has 2 heteroatoms. The van der Waals surface area contributed by atoms with Crippen LogP contribution in [0.4, 0.5) is 0 Å². The molecule has 2 nitrogen and oxygen atoms in total. The van der Waals surface area contributed by atoms with Gasteiger partial charge in [0.2, 0.25) is 0 Å². The molecule has 0 aromatic heterocycles. The van der Waals surface area contributed by atoms with Crippen molar-refractivity contribution in [2.75, 3.05) is 0 Å². The fraction of sp³-hybridized carbons (Fsp3) is 0.533. The van der Waals surface area contributed by atoms with Crippen LogP contribution in [0.2, 0.25) is 0 Å². The molecule has 0 saturated heterocycles. The van der Waals surface area contributed by atoms with Gasteiger partial charge in [-0.3, -0.25) is 5.32 Å². The summed E-state index contributed by atoms with van der Waals surface area (Å²) in [5, 5.41) is 12.9. The molecule has 1 aliphatic carbocycles. The van der Waals surface area contributed by atoms with E-state index in [9.17, 15) is 5.26 Å². The molecular formula is C15H20N2. The van der Waals surface area contributed by atoms with Crippen LogP contribution < -0.4 is 5.32 Å². The summed E-state index contributed by atoms with van der Waals surface area (Å²) in [6, 6.07) is 12.8. The molecular weight excluding hydrogens is 208 g/mol. The number of rotatable bonds is 3. The zero-order valence-corrected chi connectivity index (χ0v) is 10.4. The maximum absolute atomic E-state index is 9.42. The topological polar surface area (TPSA) is 35.8 Å². The Bertz CT molecular complexity index is 393. The maximum Gasteiger partial charge on any atom is 0.107 e. The van der Waals surface area contributed by atoms with Gasteiger partial charge in [0, 0.05) is 6.54 Å². The normalized spacial score (nSPS) is 28.6. The number of hydrogen-bond donors (Lipinski definition) is 1. The van der Waals surface area contributed by atoms with E-state index in [1.165, 1.54) is 12.0 Å². The van der Waals surface area contributed by atoms with Crippen molar-refractivity contribution < 1.29 is 0 Å². The molecule has 1 saturated carbocycles. The molecule has 0 amide bonds. The highest BCUT2D eigenvalue weighted by Crippen LogP contribution is 2.31. The molecule has 0 heterocycles. The molecule has 17 heavy (non-hydrogen) atoms. The molecule has 2 unspecified atom stereocenters. The number of benzene rings is 1. The Morgan fingerprint density at radius 3 is 2.82 bits per heavy atom. The second kappa shape index (κ2) is 5.33. The van der Waals surface area contributed by atoms with E-state index < -0.39 is 0 Å². The highest BCUT2D eigenvalue weighted by atomic mass is 15.0. The van der Waals surface area contributed by atoms with E-state index in [0.29, 0.717) is 5.92 Å². The summed E-state index contributed by atoms with van der Waals surface area (Å²) >= 11 is 0. The van der Waals surface area contributed by atoms with Gasteiger partial charge in [-0.25, -0.2) is 0 Å². The van der Waals surface area contributed by atoms with Crippen molar-refractivity contribution in [1.29, 1.82) is 5.26 Å². The van der Waals surface area contributed by atoms with Crippen molar-refractivity contribution in [2.24, 2.45) is 5.92 Å². The van der Waals surface area contributed by atoms with E-state index in [1.54, 1.807) is 0 Å². The predicted octanol–water partition coefficient (Wildman–Crippen LogP) is 3.25. The van der Waals surface area contributed by atoms with Gasteiger partial charge in [-0.1, -0.05) is 50.1 Å². The van der Waals surface area contributed by atoms with Crippen LogP contribution in [0.1, 0.15) is 38.2 Å². The van der Waals surface area contributed by atoms with E-state index >= 15 is 0 Å². The van der Waals surface area contributed by atoms with E-state index in [-0.39, 0.29) is 5.54 Å². The minimum atomic E-state index is -0.298. The average molecular weight is 228 g/mol. The van der Waals surface area contributed by atoms with Crippen LogP contribution in [-0.4, -0.2) is 5.54 Å². The van der Waals surface area contributed by atoms with Gasteiger partial charge in [0.15, 0.2) is 0 Å². The van der Waals surface area contributed by atoms with Crippen LogP contribution in [0.5, 0.6) is 0 Å². The number of nitrogens with zero attached hydrogens (tertiary/aromatic N) is 1. The summed E-state index contributed by atoms with van der Waals surface area (Å²) in [5.74, 6) is 0.659. The van der Waals surface area contributed by atoms with Crippen LogP contribution >= 0.6 is 0 Å². The lowest BCUT2D eigenvalue weighted by atomic mass is 9.77. The van der Waals surface area contributed by atoms with Gasteiger partial charge in [0.05, 0.1) is 6.07 Å². The van der Waals surface area contributed by atoms with Gasteiger partial charge in [0.1, 0.15) is 5.54 Å². The molecule has 0 aliphatic heterocycles. The first-order chi connectivity index (χ1) is 8.24. The fourth-order valence-electron chi connectivity index (χ4n) is 2.72. The Balaban J connectivity index is 1.98. The van der Waals surface area contributed by atoms with Crippen LogP contribution in [0, 0.1) is 17.2 Å². The van der Waals surface area contributed by atoms with Gasteiger partial charge < -0.3 is 0 Å². The number of nitriles is 1. The second-order valence-corrected chi connectivity index (χ2v) is 5.23. The third-order valence-corrected chi connectivity index (χ3v) is 3.69. The first-order valence-corrected chi connectivity index (χ1v) is 6.44. The van der Waals surface area contributed by atoms with Crippen molar-refractivity contribution in [3.63, 3.8) is 0 Å². The molecule has 1 aliphatic rings. The molecule has 1 N–H and O–H groups in total. The second-order valence-electron chi connectivity index (χ2n) is 5.23. The average Bonchev–Trinajstić information content (AvgIpc) is 2.38. The van der Waals surface area contributed by atoms with E-state index in [4.69, 9.17) is 0 Å². The minimum Gasteiger partial charge on any atom is -0.295 e. The van der Waals surface area contributed by atoms with Gasteiger partial charge >= 0.3 is 0 Å². The highest BCUT2D eigenvalue weighted by Gasteiger charge is 2.34. The quantitative estimate of drug-likeness (QED) is 0.862. The third-order valence-electron chi connectivity index (χ3n) is 3.69. The lowest BCUT2D eigenvalue weighted by Gasteiger charge is -2.35. The van der Waals surface area contributed by atoms with E-state index in [2.05, 4.69) is 30.4 Å². The Kier molecular flexibility index (Phi) is 3.81. The van der Waals surface area contributed by atoms with Crippen LogP contribution in [0.25, 0.3) is 0 Å². The zero-order valence-electron chi connectivity index (χ0n) is 10.4. The summed E-state index contributed by atoms with van der Waals surface area (Å²) in [4.78, 5) is 0. The molecule has 2 atom stereocenters. The maximum atomic E-state index is 9.42. The third kappa shape index (κ3) is 3.08. The molecule has 90 valence electrons. The van der Waals surface area contributed by atoms with Gasteiger partial charge in [-0.2, -0.15) is 5.26 Å². The van der Waals surface area contributed by atoms with Crippen LogP contribution in [0.3, 0.4) is 0 Å². The van der Waals surface area contributed by atoms with Gasteiger partial charge in [-0.05, 0) is 24.3 Å². The monoisotopic (exact) mass is 228 g/mol. The number of nitrogens with one attached hydrogen (secondary N) is 1. The first kappa shape index (κ1) is 12.1. The Morgan fingerprint density at radius 2 is 2.18 bits per heavy atom. The Labute approximate surface area is 104 Å². The highest BCUT2D eigenvalue weighted by molar-refractivity contribution is 5.17. The SMILES string of the molecule is CC1CCCC(C#N)(NCc2ccccc2)C1. The minimum absolute atomic E-state index is 0.298. The largest absolute Gasteiger partial charge is 0.295 e. The molecule has 0 radical (unpaired) electrons. The summed E-state index contributed by atoms with van der Waals surface area (Å²) in [6.07, 6.45) is 4.39. The van der Waals surface area contributed by atoms with E-state index in [0.717, 1.165) is 25.8 Å². The lowest BCUT2D eigenvalue weighted by Crippen LogP contribution is -2.46. The Hall–Kier alpha value is -1.33. The molecule has 1 aromatic rings. The fourth-order valence-corrected chi connectivity index (χ4v) is 2.72. The van der Waals surface area contributed by atoms with Crippen LogP contribution in [-0.2, 0) is 6.54 Å².